The first kappa shape index (κ1) is 20.8. The SMILES string of the molecule is CCOc1cc(/C=N\NC(C)=O)ccc1OCC(=O)Nc1ccccc1OC. The van der Waals surface area contributed by atoms with Crippen LogP contribution in [-0.4, -0.2) is 38.4 Å². The first-order valence-electron chi connectivity index (χ1n) is 8.65. The van der Waals surface area contributed by atoms with Crippen molar-refractivity contribution < 1.29 is 23.8 Å². The highest BCUT2D eigenvalue weighted by Gasteiger charge is 2.11. The number of amides is 2. The molecular weight excluding hydrogens is 362 g/mol. The summed E-state index contributed by atoms with van der Waals surface area (Å²) >= 11 is 0. The van der Waals surface area contributed by atoms with Gasteiger partial charge in [-0.3, -0.25) is 9.59 Å². The monoisotopic (exact) mass is 385 g/mol. The Bertz CT molecular complexity index is 851. The van der Waals surface area contributed by atoms with Crippen molar-refractivity contribution in [1.29, 1.82) is 0 Å². The van der Waals surface area contributed by atoms with Gasteiger partial charge < -0.3 is 19.5 Å². The lowest BCUT2D eigenvalue weighted by Crippen LogP contribution is -2.20. The predicted molar refractivity (Wildman–Crippen MR) is 106 cm³/mol. The second-order valence-corrected chi connectivity index (χ2v) is 5.60. The van der Waals surface area contributed by atoms with Gasteiger partial charge in [0.15, 0.2) is 18.1 Å². The third kappa shape index (κ3) is 6.31. The molecule has 2 aromatic rings. The van der Waals surface area contributed by atoms with Crippen LogP contribution in [0.1, 0.15) is 19.4 Å². The van der Waals surface area contributed by atoms with Gasteiger partial charge in [-0.25, -0.2) is 5.43 Å². The van der Waals surface area contributed by atoms with E-state index in [2.05, 4.69) is 15.8 Å². The third-order valence-electron chi connectivity index (χ3n) is 3.44. The fourth-order valence-electron chi connectivity index (χ4n) is 2.27. The number of nitrogens with one attached hydrogen (secondary N) is 2. The molecule has 0 fully saturated rings. The highest BCUT2D eigenvalue weighted by molar-refractivity contribution is 5.93. The molecule has 0 aromatic heterocycles. The number of anilines is 1. The number of ether oxygens (including phenoxy) is 3. The summed E-state index contributed by atoms with van der Waals surface area (Å²) < 4.78 is 16.4. The van der Waals surface area contributed by atoms with Gasteiger partial charge >= 0.3 is 0 Å². The van der Waals surface area contributed by atoms with Gasteiger partial charge in [0, 0.05) is 6.92 Å². The van der Waals surface area contributed by atoms with Crippen molar-refractivity contribution in [3.63, 3.8) is 0 Å². The van der Waals surface area contributed by atoms with Crippen molar-refractivity contribution in [3.8, 4) is 17.2 Å². The topological polar surface area (TPSA) is 98.3 Å². The second-order valence-electron chi connectivity index (χ2n) is 5.60. The molecule has 0 aliphatic heterocycles. The molecule has 0 unspecified atom stereocenters. The van der Waals surface area contributed by atoms with E-state index >= 15 is 0 Å². The lowest BCUT2D eigenvalue weighted by Gasteiger charge is -2.13. The molecular formula is C20H23N3O5. The highest BCUT2D eigenvalue weighted by Crippen LogP contribution is 2.28. The molecule has 0 spiro atoms. The van der Waals surface area contributed by atoms with Crippen molar-refractivity contribution in [3.05, 3.63) is 48.0 Å². The van der Waals surface area contributed by atoms with Crippen LogP contribution in [0, 0.1) is 0 Å². The molecule has 8 heteroatoms. The van der Waals surface area contributed by atoms with Gasteiger partial charge in [-0.2, -0.15) is 5.10 Å². The average molecular weight is 385 g/mol. The van der Waals surface area contributed by atoms with Crippen LogP contribution in [0.25, 0.3) is 0 Å². The molecule has 2 N–H and O–H groups in total. The van der Waals surface area contributed by atoms with E-state index in [-0.39, 0.29) is 18.4 Å². The zero-order chi connectivity index (χ0) is 20.4. The lowest BCUT2D eigenvalue weighted by atomic mass is 10.2. The van der Waals surface area contributed by atoms with Gasteiger partial charge in [0.1, 0.15) is 5.75 Å². The summed E-state index contributed by atoms with van der Waals surface area (Å²) in [5.41, 5.74) is 3.60. The third-order valence-corrected chi connectivity index (χ3v) is 3.44. The van der Waals surface area contributed by atoms with Crippen LogP contribution in [0.2, 0.25) is 0 Å². The molecule has 2 amide bonds. The Morgan fingerprint density at radius 1 is 1.07 bits per heavy atom. The number of methoxy groups -OCH3 is 1. The zero-order valence-corrected chi connectivity index (χ0v) is 16.0. The fraction of sp³-hybridized carbons (Fsp3) is 0.250. The van der Waals surface area contributed by atoms with E-state index < -0.39 is 0 Å². The minimum Gasteiger partial charge on any atom is -0.495 e. The van der Waals surface area contributed by atoms with Gasteiger partial charge in [0.25, 0.3) is 5.91 Å². The number of para-hydroxylation sites is 2. The largest absolute Gasteiger partial charge is 0.495 e. The molecule has 2 rings (SSSR count). The first-order chi connectivity index (χ1) is 13.5. The van der Waals surface area contributed by atoms with Crippen molar-refractivity contribution in [2.24, 2.45) is 5.10 Å². The average Bonchev–Trinajstić information content (AvgIpc) is 2.68. The molecule has 0 radical (unpaired) electrons. The Hall–Kier alpha value is -3.55. The smallest absolute Gasteiger partial charge is 0.262 e. The number of nitrogens with zero attached hydrogens (tertiary/aromatic N) is 1. The van der Waals surface area contributed by atoms with Gasteiger partial charge in [-0.1, -0.05) is 12.1 Å². The van der Waals surface area contributed by atoms with Crippen LogP contribution in [0.4, 0.5) is 5.69 Å². The number of carbonyl (C=O) groups is 2. The van der Waals surface area contributed by atoms with Crippen LogP contribution in [-0.2, 0) is 9.59 Å². The van der Waals surface area contributed by atoms with Crippen molar-refractivity contribution in [1.82, 2.24) is 5.43 Å². The molecule has 0 heterocycles. The molecule has 28 heavy (non-hydrogen) atoms. The molecule has 0 saturated carbocycles. The lowest BCUT2D eigenvalue weighted by molar-refractivity contribution is -0.119. The molecule has 8 nitrogen and oxygen atoms in total. The second kappa shape index (κ2) is 10.6. The Morgan fingerprint density at radius 3 is 2.57 bits per heavy atom. The van der Waals surface area contributed by atoms with Gasteiger partial charge in [0.2, 0.25) is 5.91 Å². The highest BCUT2D eigenvalue weighted by atomic mass is 16.5. The van der Waals surface area contributed by atoms with Crippen molar-refractivity contribution >= 4 is 23.7 Å². The molecule has 0 aliphatic rings. The van der Waals surface area contributed by atoms with Crippen molar-refractivity contribution in [2.45, 2.75) is 13.8 Å². The number of hydrogen-bond acceptors (Lipinski definition) is 6. The van der Waals surface area contributed by atoms with Crippen LogP contribution in [0.5, 0.6) is 17.2 Å². The predicted octanol–water partition coefficient (Wildman–Crippen LogP) is 2.58. The van der Waals surface area contributed by atoms with Crippen molar-refractivity contribution in [2.75, 3.05) is 25.6 Å². The van der Waals surface area contributed by atoms with E-state index in [4.69, 9.17) is 14.2 Å². The Balaban J connectivity index is 2.02. The number of carbonyl (C=O) groups excluding carboxylic acids is 2. The van der Waals surface area contributed by atoms with Crippen LogP contribution < -0.4 is 25.0 Å². The molecule has 0 saturated heterocycles. The summed E-state index contributed by atoms with van der Waals surface area (Å²) in [6.07, 6.45) is 1.49. The Labute approximate surface area is 163 Å². The normalized spacial score (nSPS) is 10.4. The molecule has 2 aromatic carbocycles. The number of hydrogen-bond donors (Lipinski definition) is 2. The maximum Gasteiger partial charge on any atom is 0.262 e. The zero-order valence-electron chi connectivity index (χ0n) is 16.0. The molecule has 0 atom stereocenters. The quantitative estimate of drug-likeness (QED) is 0.511. The number of benzene rings is 2. The molecule has 148 valence electrons. The van der Waals surface area contributed by atoms with Gasteiger partial charge in [0.05, 0.1) is 25.6 Å². The summed E-state index contributed by atoms with van der Waals surface area (Å²) in [5, 5.41) is 6.55. The standard InChI is InChI=1S/C20H23N3O5/c1-4-27-19-11-15(12-21-23-14(2)24)9-10-18(19)28-13-20(25)22-16-7-5-6-8-17(16)26-3/h5-12H,4,13H2,1-3H3,(H,22,25)(H,23,24)/b21-12-. The summed E-state index contributed by atoms with van der Waals surface area (Å²) in [5.74, 6) is 0.868. The van der Waals surface area contributed by atoms with Gasteiger partial charge in [-0.15, -0.1) is 0 Å². The van der Waals surface area contributed by atoms with E-state index in [9.17, 15) is 9.59 Å². The first-order valence-corrected chi connectivity index (χ1v) is 8.65. The fourth-order valence-corrected chi connectivity index (χ4v) is 2.27. The van der Waals surface area contributed by atoms with Gasteiger partial charge in [-0.05, 0) is 42.8 Å². The minimum absolute atomic E-state index is 0.197. The summed E-state index contributed by atoms with van der Waals surface area (Å²) in [7, 11) is 1.53. The molecule has 0 bridgehead atoms. The maximum atomic E-state index is 12.2. The number of hydrazone groups is 1. The maximum absolute atomic E-state index is 12.2. The Kier molecular flexibility index (Phi) is 7.83. The summed E-state index contributed by atoms with van der Waals surface area (Å²) in [4.78, 5) is 23.1. The van der Waals surface area contributed by atoms with Crippen LogP contribution >= 0.6 is 0 Å². The summed E-state index contributed by atoms with van der Waals surface area (Å²) in [6.45, 7) is 3.44. The van der Waals surface area contributed by atoms with Crippen LogP contribution in [0.15, 0.2) is 47.6 Å². The minimum atomic E-state index is -0.330. The Morgan fingerprint density at radius 2 is 1.86 bits per heavy atom. The number of rotatable bonds is 9. The van der Waals surface area contributed by atoms with E-state index in [0.717, 1.165) is 0 Å². The summed E-state index contributed by atoms with van der Waals surface area (Å²) in [6, 6.07) is 12.2. The van der Waals surface area contributed by atoms with Crippen LogP contribution in [0.3, 0.4) is 0 Å². The van der Waals surface area contributed by atoms with E-state index in [1.165, 1.54) is 20.2 Å². The van der Waals surface area contributed by atoms with E-state index in [1.807, 2.05) is 13.0 Å². The molecule has 0 aliphatic carbocycles. The van der Waals surface area contributed by atoms with E-state index in [0.29, 0.717) is 35.1 Å². The van der Waals surface area contributed by atoms with E-state index in [1.54, 1.807) is 36.4 Å².